The molecule has 11 nitrogen and oxygen atoms in total. The van der Waals surface area contributed by atoms with Gasteiger partial charge in [-0.3, -0.25) is 14.1 Å². The number of unbranched alkanes of at least 4 members (excludes halogenated alkanes) is 1. The molecule has 1 aromatic rings. The zero-order valence-corrected chi connectivity index (χ0v) is 27.8. The second-order valence-corrected chi connectivity index (χ2v) is 9.89. The number of carboxylic acids is 1. The van der Waals surface area contributed by atoms with Crippen molar-refractivity contribution >= 4 is 69.6 Å². The van der Waals surface area contributed by atoms with Crippen molar-refractivity contribution in [3.8, 4) is 0 Å². The van der Waals surface area contributed by atoms with Gasteiger partial charge in [-0.25, -0.2) is 9.59 Å². The van der Waals surface area contributed by atoms with Crippen molar-refractivity contribution in [2.24, 2.45) is 0 Å². The minimum atomic E-state index is -4.75. The van der Waals surface area contributed by atoms with Crippen LogP contribution >= 0.6 is 0 Å². The van der Waals surface area contributed by atoms with Gasteiger partial charge in [-0.1, -0.05) is 94.3 Å². The van der Waals surface area contributed by atoms with E-state index in [4.69, 9.17) is 14.4 Å². The molecule has 0 saturated heterocycles. The fourth-order valence-corrected chi connectivity index (χ4v) is 2.99. The van der Waals surface area contributed by atoms with Gasteiger partial charge in [0.1, 0.15) is 13.2 Å². The topological polar surface area (TPSA) is 171 Å². The first-order valence-electron chi connectivity index (χ1n) is 12.7. The SMILES string of the molecule is C=C(C)C(=O)OCCCC.C=C(CC=Cc1ccccc1)C(=O)O.C=CCOC(=O)CC(C(=O)OCC=C)S(=O)(=O)O.[Na]. The van der Waals surface area contributed by atoms with Gasteiger partial charge in [0, 0.05) is 40.7 Å². The Bertz CT molecular complexity index is 1190. The number of ether oxygens (including phenoxy) is 3. The Labute approximate surface area is 276 Å². The standard InChI is InChI=1S/C12H12O2.C10H14O7S.C8H14O2.Na/c1-10(12(13)14)6-5-9-11-7-3-2-4-8-11;1-3-5-16-9(11)7-8(18(13,14)15)10(12)17-6-4-2;1-4-5-6-10-8(9)7(2)3;/h2-5,7-9H,1,6H2,(H,13,14);3-4,8H,1-2,5-7H2,(H,13,14,15);2,4-6H2,1,3H3;. The molecule has 1 radical (unpaired) electrons. The van der Waals surface area contributed by atoms with E-state index in [0.29, 0.717) is 18.6 Å². The van der Waals surface area contributed by atoms with E-state index in [0.717, 1.165) is 18.4 Å². The maximum absolute atomic E-state index is 11.3. The number of benzene rings is 1. The number of allylic oxidation sites excluding steroid dienone is 1. The maximum Gasteiger partial charge on any atom is 0.333 e. The Morgan fingerprint density at radius 3 is 2.00 bits per heavy atom. The zero-order valence-electron chi connectivity index (χ0n) is 25.0. The van der Waals surface area contributed by atoms with Crippen LogP contribution in [0.25, 0.3) is 6.08 Å². The summed E-state index contributed by atoms with van der Waals surface area (Å²) >= 11 is 0. The average Bonchev–Trinajstić information content (AvgIpc) is 2.94. The van der Waals surface area contributed by atoms with Crippen LogP contribution < -0.4 is 0 Å². The molecule has 13 heteroatoms. The van der Waals surface area contributed by atoms with E-state index in [1.165, 1.54) is 12.2 Å². The fourth-order valence-electron chi connectivity index (χ4n) is 2.33. The summed E-state index contributed by atoms with van der Waals surface area (Å²) in [5.41, 5.74) is 1.74. The van der Waals surface area contributed by atoms with Crippen LogP contribution in [0.5, 0.6) is 0 Å². The Balaban J connectivity index is -0.000000574. The summed E-state index contributed by atoms with van der Waals surface area (Å²) in [4.78, 5) is 43.6. The first-order chi connectivity index (χ1) is 19.7. The van der Waals surface area contributed by atoms with Gasteiger partial charge in [0.25, 0.3) is 10.1 Å². The van der Waals surface area contributed by atoms with E-state index in [1.807, 2.05) is 36.4 Å². The number of hydrogen-bond acceptors (Lipinski definition) is 9. The van der Waals surface area contributed by atoms with Gasteiger partial charge in [-0.2, -0.15) is 8.42 Å². The van der Waals surface area contributed by atoms with Crippen LogP contribution in [0.15, 0.2) is 86.0 Å². The number of carbonyl (C=O) groups is 4. The van der Waals surface area contributed by atoms with Crippen LogP contribution in [0.3, 0.4) is 0 Å². The fraction of sp³-hybridized carbons (Fsp3) is 0.333. The van der Waals surface area contributed by atoms with Crippen LogP contribution in [0.4, 0.5) is 0 Å². The van der Waals surface area contributed by atoms with Gasteiger partial charge in [-0.15, -0.1) is 0 Å². The Morgan fingerprint density at radius 1 is 0.977 bits per heavy atom. The van der Waals surface area contributed by atoms with Gasteiger partial charge in [0.05, 0.1) is 13.0 Å². The van der Waals surface area contributed by atoms with Crippen molar-refractivity contribution in [3.05, 3.63) is 91.6 Å². The third kappa shape index (κ3) is 25.0. The second-order valence-electron chi connectivity index (χ2n) is 8.29. The number of carboxylic acid groups (broad SMARTS) is 1. The van der Waals surface area contributed by atoms with Crippen LogP contribution in [-0.2, 0) is 43.5 Å². The molecule has 0 spiro atoms. The molecule has 0 aliphatic heterocycles. The first kappa shape index (κ1) is 44.2. The van der Waals surface area contributed by atoms with Gasteiger partial charge >= 0.3 is 23.9 Å². The average molecular weight is 632 g/mol. The van der Waals surface area contributed by atoms with E-state index in [2.05, 4.69) is 42.7 Å². The molecular formula is C30H40NaO11S. The van der Waals surface area contributed by atoms with Gasteiger partial charge in [0.15, 0.2) is 5.25 Å². The van der Waals surface area contributed by atoms with Crippen LogP contribution in [0.1, 0.15) is 45.1 Å². The third-order valence-electron chi connectivity index (χ3n) is 4.54. The summed E-state index contributed by atoms with van der Waals surface area (Å²) in [5.74, 6) is -3.43. The summed E-state index contributed by atoms with van der Waals surface area (Å²) in [5, 5.41) is 6.54. The van der Waals surface area contributed by atoms with Crippen LogP contribution in [0.2, 0.25) is 0 Å². The van der Waals surface area contributed by atoms with Crippen molar-refractivity contribution in [2.45, 2.75) is 44.8 Å². The van der Waals surface area contributed by atoms with Gasteiger partial charge in [-0.05, 0) is 25.3 Å². The van der Waals surface area contributed by atoms with E-state index in [9.17, 15) is 27.6 Å². The van der Waals surface area contributed by atoms with Gasteiger partial charge in [0.2, 0.25) is 0 Å². The Kier molecular flexibility index (Phi) is 27.1. The maximum atomic E-state index is 11.3. The molecule has 233 valence electrons. The van der Waals surface area contributed by atoms with E-state index < -0.39 is 39.7 Å². The summed E-state index contributed by atoms with van der Waals surface area (Å²) in [7, 11) is -4.75. The minimum Gasteiger partial charge on any atom is -0.478 e. The molecule has 1 rings (SSSR count). The van der Waals surface area contributed by atoms with Gasteiger partial charge < -0.3 is 19.3 Å². The predicted octanol–water partition coefficient (Wildman–Crippen LogP) is 4.35. The molecule has 0 saturated carbocycles. The monoisotopic (exact) mass is 631 g/mol. The molecule has 0 aromatic heterocycles. The molecule has 0 bridgehead atoms. The Hall–Kier alpha value is -3.29. The molecular weight excluding hydrogens is 591 g/mol. The predicted molar refractivity (Wildman–Crippen MR) is 166 cm³/mol. The quantitative estimate of drug-likeness (QED) is 0.0506. The van der Waals surface area contributed by atoms with Crippen molar-refractivity contribution in [2.75, 3.05) is 19.8 Å². The molecule has 0 heterocycles. The molecule has 2 N–H and O–H groups in total. The second kappa shape index (κ2) is 26.3. The van der Waals surface area contributed by atoms with Crippen molar-refractivity contribution in [1.82, 2.24) is 0 Å². The third-order valence-corrected chi connectivity index (χ3v) is 5.61. The number of esters is 3. The van der Waals surface area contributed by atoms with Crippen molar-refractivity contribution < 1.29 is 51.5 Å². The van der Waals surface area contributed by atoms with E-state index in [-0.39, 0.29) is 54.3 Å². The van der Waals surface area contributed by atoms with Crippen LogP contribution in [0, 0.1) is 0 Å². The first-order valence-corrected chi connectivity index (χ1v) is 14.2. The smallest absolute Gasteiger partial charge is 0.333 e. The molecule has 1 atom stereocenters. The number of carbonyl (C=O) groups excluding carboxylic acids is 3. The number of hydrogen-bond donors (Lipinski definition) is 2. The summed E-state index contributed by atoms with van der Waals surface area (Å²) < 4.78 is 44.5. The normalized spacial score (nSPS) is 10.6. The molecule has 0 fully saturated rings. The molecule has 0 aliphatic rings. The largest absolute Gasteiger partial charge is 0.478 e. The summed E-state index contributed by atoms with van der Waals surface area (Å²) in [6, 6.07) is 9.73. The van der Waals surface area contributed by atoms with E-state index in [1.54, 1.807) is 13.0 Å². The van der Waals surface area contributed by atoms with Crippen molar-refractivity contribution in [1.29, 1.82) is 0 Å². The molecule has 0 aliphatic carbocycles. The minimum absolute atomic E-state index is 0. The zero-order chi connectivity index (χ0) is 32.6. The molecule has 1 unspecified atom stereocenters. The van der Waals surface area contributed by atoms with E-state index >= 15 is 0 Å². The number of rotatable bonds is 16. The van der Waals surface area contributed by atoms with Crippen LogP contribution in [-0.4, -0.2) is 96.6 Å². The molecule has 1 aromatic carbocycles. The summed E-state index contributed by atoms with van der Waals surface area (Å²) in [6.07, 6.45) is 7.70. The Morgan fingerprint density at radius 2 is 1.53 bits per heavy atom. The molecule has 43 heavy (non-hydrogen) atoms. The summed E-state index contributed by atoms with van der Waals surface area (Å²) in [6.45, 7) is 17.3. The molecule has 0 amide bonds. The van der Waals surface area contributed by atoms with Crippen molar-refractivity contribution in [3.63, 3.8) is 0 Å². The number of aliphatic carboxylic acids is 1.